The molecular weight excluding hydrogens is 422 g/mol. The van der Waals surface area contributed by atoms with Gasteiger partial charge in [0.25, 0.3) is 0 Å². The highest BCUT2D eigenvalue weighted by molar-refractivity contribution is 7.15. The van der Waals surface area contributed by atoms with Crippen LogP contribution in [0.1, 0.15) is 21.7 Å². The van der Waals surface area contributed by atoms with Crippen LogP contribution in [0.2, 0.25) is 0 Å². The maximum absolute atomic E-state index is 11.0. The average molecular weight is 452 g/mol. The molecule has 0 amide bonds. The fourth-order valence-electron chi connectivity index (χ4n) is 3.92. The second-order valence-electron chi connectivity index (χ2n) is 8.08. The minimum absolute atomic E-state index is 0.00271. The summed E-state index contributed by atoms with van der Waals surface area (Å²) in [5.41, 5.74) is 4.11. The zero-order valence-electron chi connectivity index (χ0n) is 18.6. The molecule has 0 saturated carbocycles. The van der Waals surface area contributed by atoms with Crippen molar-refractivity contribution in [1.82, 2.24) is 4.98 Å². The summed E-state index contributed by atoms with van der Waals surface area (Å²) >= 11 is 1.75. The summed E-state index contributed by atoms with van der Waals surface area (Å²) < 4.78 is 5.99. The number of aromatic nitrogens is 1. The number of hydrogen-bond donors (Lipinski definition) is 1. The molecule has 1 N–H and O–H groups in total. The third-order valence-corrected chi connectivity index (χ3v) is 6.83. The Hall–Kier alpha value is -3.06. The lowest BCUT2D eigenvalue weighted by Gasteiger charge is -2.36. The predicted octanol–water partition coefficient (Wildman–Crippen LogP) is 4.34. The zero-order chi connectivity index (χ0) is 22.5. The summed E-state index contributed by atoms with van der Waals surface area (Å²) in [5, 5.41) is 10.1. The largest absolute Gasteiger partial charge is 0.493 e. The number of nitrogens with zero attached hydrogens (tertiary/aromatic N) is 3. The Labute approximate surface area is 193 Å². The lowest BCUT2D eigenvalue weighted by atomic mass is 10.1. The van der Waals surface area contributed by atoms with E-state index in [1.54, 1.807) is 11.3 Å². The molecule has 1 saturated heterocycles. The number of hydrogen-bond acceptors (Lipinski definition) is 6. The van der Waals surface area contributed by atoms with E-state index in [0.29, 0.717) is 6.61 Å². The number of carboxylic acid groups (broad SMARTS) is 1. The Morgan fingerprint density at radius 1 is 1.06 bits per heavy atom. The first-order valence-corrected chi connectivity index (χ1v) is 11.8. The van der Waals surface area contributed by atoms with Crippen LogP contribution in [0.3, 0.4) is 0 Å². The van der Waals surface area contributed by atoms with Crippen LogP contribution in [-0.2, 0) is 17.6 Å². The van der Waals surface area contributed by atoms with Crippen LogP contribution in [0, 0.1) is 13.8 Å². The number of para-hydroxylation sites is 1. The molecule has 0 unspecified atom stereocenters. The molecule has 7 heteroatoms. The van der Waals surface area contributed by atoms with Gasteiger partial charge in [0.15, 0.2) is 5.13 Å². The van der Waals surface area contributed by atoms with Crippen LogP contribution in [-0.4, -0.2) is 48.8 Å². The summed E-state index contributed by atoms with van der Waals surface area (Å²) in [4.78, 5) is 21.9. The first-order valence-electron chi connectivity index (χ1n) is 10.9. The molecular formula is C25H29N3O3S. The van der Waals surface area contributed by atoms with Crippen LogP contribution < -0.4 is 14.5 Å². The molecule has 0 radical (unpaired) electrons. The van der Waals surface area contributed by atoms with Gasteiger partial charge in [-0.3, -0.25) is 4.79 Å². The highest BCUT2D eigenvalue weighted by Crippen LogP contribution is 2.28. The molecule has 3 aromatic rings. The Kier molecular flexibility index (Phi) is 6.95. The van der Waals surface area contributed by atoms with Crippen molar-refractivity contribution in [2.45, 2.75) is 26.7 Å². The Balaban J connectivity index is 1.32. The van der Waals surface area contributed by atoms with Crippen molar-refractivity contribution in [2.24, 2.45) is 0 Å². The molecule has 1 aliphatic heterocycles. The second-order valence-corrected chi connectivity index (χ2v) is 9.26. The molecule has 0 atom stereocenters. The van der Waals surface area contributed by atoms with E-state index in [9.17, 15) is 4.79 Å². The molecule has 6 nitrogen and oxygen atoms in total. The average Bonchev–Trinajstić information content (AvgIpc) is 3.17. The van der Waals surface area contributed by atoms with Crippen LogP contribution in [0.4, 0.5) is 10.8 Å². The molecule has 0 spiro atoms. The van der Waals surface area contributed by atoms with Crippen molar-refractivity contribution in [3.63, 3.8) is 0 Å². The molecule has 1 fully saturated rings. The predicted molar refractivity (Wildman–Crippen MR) is 129 cm³/mol. The number of rotatable bonds is 8. The van der Waals surface area contributed by atoms with Crippen molar-refractivity contribution < 1.29 is 14.6 Å². The number of anilines is 2. The highest BCUT2D eigenvalue weighted by Gasteiger charge is 2.21. The third-order valence-electron chi connectivity index (χ3n) is 5.76. The third kappa shape index (κ3) is 5.40. The second kappa shape index (κ2) is 10.0. The number of aryl methyl sites for hydroxylation is 2. The number of piperazine rings is 1. The summed E-state index contributed by atoms with van der Waals surface area (Å²) in [6.07, 6.45) is 0.734. The van der Waals surface area contributed by atoms with E-state index in [2.05, 4.69) is 47.1 Å². The normalized spacial score (nSPS) is 13.9. The van der Waals surface area contributed by atoms with E-state index < -0.39 is 5.97 Å². The summed E-state index contributed by atoms with van der Waals surface area (Å²) in [6, 6.07) is 16.1. The molecule has 0 aliphatic carbocycles. The van der Waals surface area contributed by atoms with E-state index in [0.717, 1.165) is 60.3 Å². The Bertz CT molecular complexity index is 1060. The van der Waals surface area contributed by atoms with E-state index in [1.165, 1.54) is 10.6 Å². The van der Waals surface area contributed by atoms with Crippen molar-refractivity contribution in [3.8, 4) is 5.75 Å². The van der Waals surface area contributed by atoms with Crippen molar-refractivity contribution >= 4 is 28.1 Å². The molecule has 1 aromatic heterocycles. The van der Waals surface area contributed by atoms with Gasteiger partial charge in [-0.2, -0.15) is 0 Å². The van der Waals surface area contributed by atoms with Crippen LogP contribution in [0.15, 0.2) is 48.5 Å². The summed E-state index contributed by atoms with van der Waals surface area (Å²) in [5.74, 6) is -0.0936. The van der Waals surface area contributed by atoms with Crippen molar-refractivity contribution in [3.05, 3.63) is 70.2 Å². The molecule has 1 aliphatic rings. The molecule has 32 heavy (non-hydrogen) atoms. The fourth-order valence-corrected chi connectivity index (χ4v) is 4.92. The molecule has 2 aromatic carbocycles. The first kappa shape index (κ1) is 22.1. The summed E-state index contributed by atoms with van der Waals surface area (Å²) in [7, 11) is 0. The molecule has 0 bridgehead atoms. The standard InChI is InChI=1S/C25H29N3O3S/c1-18-8-9-20(17-24(29)30)16-23(18)31-15-10-22-19(2)32-25(26-22)28-13-11-27(12-14-28)21-6-4-3-5-7-21/h3-9,16H,10-15,17H2,1-2H3,(H,29,30). The van der Waals surface area contributed by atoms with Gasteiger partial charge in [0.1, 0.15) is 5.75 Å². The van der Waals surface area contributed by atoms with Crippen LogP contribution in [0.25, 0.3) is 0 Å². The lowest BCUT2D eigenvalue weighted by molar-refractivity contribution is -0.136. The minimum atomic E-state index is -0.838. The van der Waals surface area contributed by atoms with Gasteiger partial charge in [0, 0.05) is 43.2 Å². The van der Waals surface area contributed by atoms with Gasteiger partial charge in [0.05, 0.1) is 18.7 Å². The van der Waals surface area contributed by atoms with Gasteiger partial charge in [-0.1, -0.05) is 30.3 Å². The monoisotopic (exact) mass is 451 g/mol. The topological polar surface area (TPSA) is 65.9 Å². The number of thiazole rings is 1. The maximum Gasteiger partial charge on any atom is 0.307 e. The van der Waals surface area contributed by atoms with Gasteiger partial charge in [0.2, 0.25) is 0 Å². The minimum Gasteiger partial charge on any atom is -0.493 e. The molecule has 2 heterocycles. The SMILES string of the molecule is Cc1ccc(CC(=O)O)cc1OCCc1nc(N2CCN(c3ccccc3)CC2)sc1C. The van der Waals surface area contributed by atoms with E-state index in [-0.39, 0.29) is 6.42 Å². The number of ether oxygens (including phenoxy) is 1. The summed E-state index contributed by atoms with van der Waals surface area (Å²) in [6.45, 7) is 8.53. The van der Waals surface area contributed by atoms with E-state index >= 15 is 0 Å². The van der Waals surface area contributed by atoms with Gasteiger partial charge >= 0.3 is 5.97 Å². The van der Waals surface area contributed by atoms with Crippen molar-refractivity contribution in [1.29, 1.82) is 0 Å². The smallest absolute Gasteiger partial charge is 0.307 e. The van der Waals surface area contributed by atoms with Crippen LogP contribution in [0.5, 0.6) is 5.75 Å². The molecule has 168 valence electrons. The lowest BCUT2D eigenvalue weighted by Crippen LogP contribution is -2.46. The fraction of sp³-hybridized carbons (Fsp3) is 0.360. The Morgan fingerprint density at radius 2 is 1.78 bits per heavy atom. The van der Waals surface area contributed by atoms with E-state index in [4.69, 9.17) is 14.8 Å². The zero-order valence-corrected chi connectivity index (χ0v) is 19.4. The number of aliphatic carboxylic acids is 1. The van der Waals surface area contributed by atoms with Gasteiger partial charge in [-0.25, -0.2) is 4.98 Å². The van der Waals surface area contributed by atoms with Gasteiger partial charge in [-0.05, 0) is 43.2 Å². The van der Waals surface area contributed by atoms with Gasteiger partial charge in [-0.15, -0.1) is 11.3 Å². The van der Waals surface area contributed by atoms with Gasteiger partial charge < -0.3 is 19.6 Å². The van der Waals surface area contributed by atoms with Crippen molar-refractivity contribution in [2.75, 3.05) is 42.6 Å². The quantitative estimate of drug-likeness (QED) is 0.550. The number of benzene rings is 2. The maximum atomic E-state index is 11.0. The molecule has 4 rings (SSSR count). The number of carbonyl (C=O) groups is 1. The van der Waals surface area contributed by atoms with E-state index in [1.807, 2.05) is 25.1 Å². The van der Waals surface area contributed by atoms with Crippen LogP contribution >= 0.6 is 11.3 Å². The first-order chi connectivity index (χ1) is 15.5. The highest BCUT2D eigenvalue weighted by atomic mass is 32.1. The number of carboxylic acids is 1. The Morgan fingerprint density at radius 3 is 2.50 bits per heavy atom.